The fourth-order valence-electron chi connectivity index (χ4n) is 1.63. The SMILES string of the molecule is CC(O)c1cc(CCOCCN(C)C)ccc1O. The molecule has 0 aliphatic heterocycles. The van der Waals surface area contributed by atoms with Gasteiger partial charge in [0, 0.05) is 12.1 Å². The van der Waals surface area contributed by atoms with E-state index in [1.807, 2.05) is 26.2 Å². The van der Waals surface area contributed by atoms with Crippen LogP contribution in [0.2, 0.25) is 0 Å². The molecule has 1 unspecified atom stereocenters. The minimum atomic E-state index is -0.653. The van der Waals surface area contributed by atoms with E-state index in [0.29, 0.717) is 18.8 Å². The van der Waals surface area contributed by atoms with Crippen molar-refractivity contribution >= 4 is 0 Å². The maximum Gasteiger partial charge on any atom is 0.121 e. The van der Waals surface area contributed by atoms with Crippen LogP contribution >= 0.6 is 0 Å². The van der Waals surface area contributed by atoms with Crippen LogP contribution in [0.5, 0.6) is 5.75 Å². The zero-order valence-electron chi connectivity index (χ0n) is 11.4. The van der Waals surface area contributed by atoms with Gasteiger partial charge in [0.05, 0.1) is 19.3 Å². The largest absolute Gasteiger partial charge is 0.508 e. The third-order valence-electron chi connectivity index (χ3n) is 2.76. The Balaban J connectivity index is 2.41. The van der Waals surface area contributed by atoms with E-state index in [2.05, 4.69) is 4.90 Å². The van der Waals surface area contributed by atoms with Crippen molar-refractivity contribution in [2.75, 3.05) is 33.9 Å². The van der Waals surface area contributed by atoms with Gasteiger partial charge in [-0.2, -0.15) is 0 Å². The van der Waals surface area contributed by atoms with Gasteiger partial charge in [-0.25, -0.2) is 0 Å². The van der Waals surface area contributed by atoms with Crippen molar-refractivity contribution in [3.63, 3.8) is 0 Å². The summed E-state index contributed by atoms with van der Waals surface area (Å²) >= 11 is 0. The first-order chi connectivity index (χ1) is 8.50. The van der Waals surface area contributed by atoms with E-state index in [9.17, 15) is 10.2 Å². The molecule has 18 heavy (non-hydrogen) atoms. The number of benzene rings is 1. The van der Waals surface area contributed by atoms with E-state index in [1.54, 1.807) is 13.0 Å². The number of nitrogens with zero attached hydrogens (tertiary/aromatic N) is 1. The van der Waals surface area contributed by atoms with Gasteiger partial charge in [-0.15, -0.1) is 0 Å². The lowest BCUT2D eigenvalue weighted by Gasteiger charge is -2.11. The van der Waals surface area contributed by atoms with Gasteiger partial charge in [0.2, 0.25) is 0 Å². The molecule has 102 valence electrons. The van der Waals surface area contributed by atoms with E-state index in [4.69, 9.17) is 4.74 Å². The topological polar surface area (TPSA) is 52.9 Å². The molecule has 0 fully saturated rings. The molecule has 1 rings (SSSR count). The highest BCUT2D eigenvalue weighted by molar-refractivity contribution is 5.37. The number of likely N-dealkylation sites (N-methyl/N-ethyl adjacent to an activating group) is 1. The lowest BCUT2D eigenvalue weighted by Crippen LogP contribution is -2.18. The second kappa shape index (κ2) is 7.36. The van der Waals surface area contributed by atoms with Gasteiger partial charge in [-0.05, 0) is 45.1 Å². The number of hydrogen-bond acceptors (Lipinski definition) is 4. The number of aliphatic hydroxyl groups excluding tert-OH is 1. The molecule has 0 aromatic heterocycles. The van der Waals surface area contributed by atoms with Crippen molar-refractivity contribution in [2.45, 2.75) is 19.4 Å². The summed E-state index contributed by atoms with van der Waals surface area (Å²) in [5.74, 6) is 0.141. The second-order valence-corrected chi connectivity index (χ2v) is 4.73. The summed E-state index contributed by atoms with van der Waals surface area (Å²) in [6.07, 6.45) is 0.132. The van der Waals surface area contributed by atoms with E-state index in [0.717, 1.165) is 18.5 Å². The predicted octanol–water partition coefficient (Wildman–Crippen LogP) is 1.57. The molecule has 1 aromatic rings. The molecular formula is C14H23NO3. The molecule has 4 nitrogen and oxygen atoms in total. The Morgan fingerprint density at radius 1 is 1.28 bits per heavy atom. The fraction of sp³-hybridized carbons (Fsp3) is 0.571. The quantitative estimate of drug-likeness (QED) is 0.724. The Morgan fingerprint density at radius 3 is 2.61 bits per heavy atom. The molecule has 0 amide bonds. The predicted molar refractivity (Wildman–Crippen MR) is 71.8 cm³/mol. The molecule has 0 bridgehead atoms. The molecular weight excluding hydrogens is 230 g/mol. The third-order valence-corrected chi connectivity index (χ3v) is 2.76. The molecule has 1 atom stereocenters. The van der Waals surface area contributed by atoms with Crippen molar-refractivity contribution in [3.05, 3.63) is 29.3 Å². The van der Waals surface area contributed by atoms with E-state index in [1.165, 1.54) is 0 Å². The number of ether oxygens (including phenoxy) is 1. The smallest absolute Gasteiger partial charge is 0.121 e. The van der Waals surface area contributed by atoms with Crippen molar-refractivity contribution in [2.24, 2.45) is 0 Å². The third kappa shape index (κ3) is 5.04. The minimum Gasteiger partial charge on any atom is -0.508 e. The molecule has 0 saturated carbocycles. The number of aromatic hydroxyl groups is 1. The fourth-order valence-corrected chi connectivity index (χ4v) is 1.63. The van der Waals surface area contributed by atoms with Crippen LogP contribution in [0.1, 0.15) is 24.2 Å². The standard InChI is InChI=1S/C14H23NO3/c1-11(16)13-10-12(4-5-14(13)17)6-8-18-9-7-15(2)3/h4-5,10-11,16-17H,6-9H2,1-3H3. The lowest BCUT2D eigenvalue weighted by atomic mass is 10.0. The van der Waals surface area contributed by atoms with Gasteiger partial charge in [-0.1, -0.05) is 6.07 Å². The Kier molecular flexibility index (Phi) is 6.12. The summed E-state index contributed by atoms with van der Waals surface area (Å²) in [6.45, 7) is 3.92. The maximum atomic E-state index is 9.58. The van der Waals surface area contributed by atoms with Gasteiger partial charge >= 0.3 is 0 Å². The minimum absolute atomic E-state index is 0.141. The Bertz CT molecular complexity index is 364. The van der Waals surface area contributed by atoms with Gasteiger partial charge in [0.25, 0.3) is 0 Å². The molecule has 4 heteroatoms. The van der Waals surface area contributed by atoms with Gasteiger partial charge < -0.3 is 19.8 Å². The van der Waals surface area contributed by atoms with Crippen molar-refractivity contribution in [1.82, 2.24) is 4.90 Å². The molecule has 0 saturated heterocycles. The van der Waals surface area contributed by atoms with Crippen LogP contribution in [0.25, 0.3) is 0 Å². The van der Waals surface area contributed by atoms with E-state index < -0.39 is 6.10 Å². The second-order valence-electron chi connectivity index (χ2n) is 4.73. The summed E-state index contributed by atoms with van der Waals surface area (Å²) < 4.78 is 5.51. The summed E-state index contributed by atoms with van der Waals surface area (Å²) in [6, 6.07) is 5.31. The molecule has 0 aliphatic carbocycles. The average Bonchev–Trinajstić information content (AvgIpc) is 2.30. The van der Waals surface area contributed by atoms with Crippen molar-refractivity contribution < 1.29 is 14.9 Å². The molecule has 0 heterocycles. The number of hydrogen-bond donors (Lipinski definition) is 2. The number of phenolic OH excluding ortho intramolecular Hbond substituents is 1. The molecule has 2 N–H and O–H groups in total. The van der Waals surface area contributed by atoms with Crippen molar-refractivity contribution in [1.29, 1.82) is 0 Å². The normalized spacial score (nSPS) is 12.9. The zero-order chi connectivity index (χ0) is 13.5. The number of rotatable bonds is 7. The van der Waals surface area contributed by atoms with E-state index >= 15 is 0 Å². The highest BCUT2D eigenvalue weighted by atomic mass is 16.5. The first-order valence-corrected chi connectivity index (χ1v) is 6.23. The van der Waals surface area contributed by atoms with E-state index in [-0.39, 0.29) is 5.75 Å². The van der Waals surface area contributed by atoms with Crippen molar-refractivity contribution in [3.8, 4) is 5.75 Å². The lowest BCUT2D eigenvalue weighted by molar-refractivity contribution is 0.120. The Hall–Kier alpha value is -1.10. The van der Waals surface area contributed by atoms with Crippen LogP contribution < -0.4 is 0 Å². The molecule has 1 aromatic carbocycles. The van der Waals surface area contributed by atoms with Crippen LogP contribution in [0.3, 0.4) is 0 Å². The van der Waals surface area contributed by atoms with Crippen LogP contribution in [0, 0.1) is 0 Å². The average molecular weight is 253 g/mol. The molecule has 0 spiro atoms. The first-order valence-electron chi connectivity index (χ1n) is 6.23. The summed E-state index contributed by atoms with van der Waals surface area (Å²) in [5.41, 5.74) is 1.63. The number of aliphatic hydroxyl groups is 1. The number of phenols is 1. The highest BCUT2D eigenvalue weighted by Gasteiger charge is 2.07. The van der Waals surface area contributed by atoms with Crippen LogP contribution in [-0.2, 0) is 11.2 Å². The summed E-state index contributed by atoms with van der Waals surface area (Å²) in [7, 11) is 4.02. The van der Waals surface area contributed by atoms with Crippen LogP contribution in [0.4, 0.5) is 0 Å². The molecule has 0 aliphatic rings. The highest BCUT2D eigenvalue weighted by Crippen LogP contribution is 2.25. The zero-order valence-corrected chi connectivity index (χ0v) is 11.4. The van der Waals surface area contributed by atoms with Crippen LogP contribution in [-0.4, -0.2) is 49.0 Å². The first kappa shape index (κ1) is 15.0. The molecule has 0 radical (unpaired) electrons. The van der Waals surface area contributed by atoms with Gasteiger partial charge in [0.15, 0.2) is 0 Å². The monoisotopic (exact) mass is 253 g/mol. The summed E-state index contributed by atoms with van der Waals surface area (Å²) in [4.78, 5) is 2.08. The van der Waals surface area contributed by atoms with Gasteiger partial charge in [-0.3, -0.25) is 0 Å². The van der Waals surface area contributed by atoms with Crippen LogP contribution in [0.15, 0.2) is 18.2 Å². The van der Waals surface area contributed by atoms with Gasteiger partial charge in [0.1, 0.15) is 5.75 Å². The summed E-state index contributed by atoms with van der Waals surface area (Å²) in [5, 5.41) is 19.1. The Labute approximate surface area is 109 Å². The Morgan fingerprint density at radius 2 is 2.00 bits per heavy atom. The maximum absolute atomic E-state index is 9.58.